The van der Waals surface area contributed by atoms with E-state index >= 15 is 0 Å². The molecule has 3 heterocycles. The van der Waals surface area contributed by atoms with Crippen LogP contribution in [-0.4, -0.2) is 19.6 Å². The van der Waals surface area contributed by atoms with Gasteiger partial charge in [0.25, 0.3) is 0 Å². The Balaban J connectivity index is 1.83. The summed E-state index contributed by atoms with van der Waals surface area (Å²) in [7, 11) is 0. The molecule has 0 saturated carbocycles. The molecule has 0 fully saturated rings. The zero-order chi connectivity index (χ0) is 15.0. The first-order valence-electron chi connectivity index (χ1n) is 6.93. The van der Waals surface area contributed by atoms with Gasteiger partial charge >= 0.3 is 0 Å². The van der Waals surface area contributed by atoms with Crippen molar-refractivity contribution in [3.05, 3.63) is 46.4 Å². The van der Waals surface area contributed by atoms with Crippen LogP contribution < -0.4 is 5.73 Å². The van der Waals surface area contributed by atoms with Gasteiger partial charge in [-0.3, -0.25) is 4.98 Å². The third kappa shape index (κ3) is 2.82. The van der Waals surface area contributed by atoms with Crippen molar-refractivity contribution >= 4 is 16.9 Å². The number of rotatable bonds is 3. The van der Waals surface area contributed by atoms with Gasteiger partial charge in [0.15, 0.2) is 0 Å². The van der Waals surface area contributed by atoms with E-state index in [1.165, 1.54) is 0 Å². The standard InChI is InChI=1S/C15H19N5S/c1-15(2,3)13-9-21-14(19-13)6-11(16)10-7-18-20-5-4-17-8-12(10)20/h4-5,7-9,11H,6,16H2,1-3H3. The van der Waals surface area contributed by atoms with Gasteiger partial charge in [0.1, 0.15) is 0 Å². The van der Waals surface area contributed by atoms with Crippen LogP contribution >= 0.6 is 11.3 Å². The molecule has 21 heavy (non-hydrogen) atoms. The molecular formula is C15H19N5S. The summed E-state index contributed by atoms with van der Waals surface area (Å²) in [5.41, 5.74) is 9.51. The number of thiazole rings is 1. The lowest BCUT2D eigenvalue weighted by Crippen LogP contribution is -2.14. The van der Waals surface area contributed by atoms with Gasteiger partial charge in [-0.15, -0.1) is 11.3 Å². The van der Waals surface area contributed by atoms with Gasteiger partial charge in [-0.25, -0.2) is 9.50 Å². The van der Waals surface area contributed by atoms with Gasteiger partial charge < -0.3 is 5.73 Å². The molecule has 3 rings (SSSR count). The molecular weight excluding hydrogens is 282 g/mol. The van der Waals surface area contributed by atoms with Crippen molar-refractivity contribution in [2.45, 2.75) is 38.6 Å². The first-order chi connectivity index (χ1) is 9.95. The molecule has 1 atom stereocenters. The van der Waals surface area contributed by atoms with Crippen molar-refractivity contribution in [1.29, 1.82) is 0 Å². The minimum atomic E-state index is -0.120. The number of fused-ring (bicyclic) bond motifs is 1. The molecule has 0 amide bonds. The maximum absolute atomic E-state index is 6.34. The lowest BCUT2D eigenvalue weighted by molar-refractivity contribution is 0.569. The molecule has 0 radical (unpaired) electrons. The Morgan fingerprint density at radius 3 is 2.86 bits per heavy atom. The molecule has 1 unspecified atom stereocenters. The largest absolute Gasteiger partial charge is 0.323 e. The molecule has 110 valence electrons. The first-order valence-corrected chi connectivity index (χ1v) is 7.81. The number of nitrogens with zero attached hydrogens (tertiary/aromatic N) is 4. The summed E-state index contributed by atoms with van der Waals surface area (Å²) >= 11 is 1.67. The van der Waals surface area contributed by atoms with Gasteiger partial charge in [-0.05, 0) is 0 Å². The van der Waals surface area contributed by atoms with Crippen LogP contribution in [0.3, 0.4) is 0 Å². The lowest BCUT2D eigenvalue weighted by Gasteiger charge is -2.14. The van der Waals surface area contributed by atoms with Crippen molar-refractivity contribution in [3.63, 3.8) is 0 Å². The summed E-state index contributed by atoms with van der Waals surface area (Å²) in [6.45, 7) is 6.51. The van der Waals surface area contributed by atoms with Crippen LogP contribution in [0, 0.1) is 0 Å². The molecule has 0 aliphatic heterocycles. The normalized spacial score (nSPS) is 13.7. The highest BCUT2D eigenvalue weighted by Gasteiger charge is 2.19. The summed E-state index contributed by atoms with van der Waals surface area (Å²) in [5, 5.41) is 7.50. The fraction of sp³-hybridized carbons (Fsp3) is 0.400. The second-order valence-corrected chi connectivity index (χ2v) is 7.14. The molecule has 6 heteroatoms. The van der Waals surface area contributed by atoms with E-state index in [2.05, 4.69) is 36.2 Å². The molecule has 0 aliphatic carbocycles. The molecule has 0 spiro atoms. The smallest absolute Gasteiger partial charge is 0.0947 e. The molecule has 0 aromatic carbocycles. The topological polar surface area (TPSA) is 69.1 Å². The van der Waals surface area contributed by atoms with Gasteiger partial charge in [0.2, 0.25) is 0 Å². The Bertz CT molecular complexity index is 753. The van der Waals surface area contributed by atoms with E-state index < -0.39 is 0 Å². The van der Waals surface area contributed by atoms with E-state index in [1.54, 1.807) is 28.2 Å². The van der Waals surface area contributed by atoms with E-state index in [0.717, 1.165) is 28.2 Å². The fourth-order valence-electron chi connectivity index (χ4n) is 2.19. The quantitative estimate of drug-likeness (QED) is 0.807. The molecule has 0 saturated heterocycles. The van der Waals surface area contributed by atoms with E-state index in [1.807, 2.05) is 12.4 Å². The summed E-state index contributed by atoms with van der Waals surface area (Å²) < 4.78 is 1.80. The molecule has 2 N–H and O–H groups in total. The summed E-state index contributed by atoms with van der Waals surface area (Å²) in [5.74, 6) is 0. The van der Waals surface area contributed by atoms with Crippen molar-refractivity contribution < 1.29 is 0 Å². The lowest BCUT2D eigenvalue weighted by atomic mass is 9.93. The molecule has 5 nitrogen and oxygen atoms in total. The molecule has 3 aromatic heterocycles. The van der Waals surface area contributed by atoms with E-state index in [-0.39, 0.29) is 11.5 Å². The number of hydrogen-bond donors (Lipinski definition) is 1. The highest BCUT2D eigenvalue weighted by molar-refractivity contribution is 7.09. The average Bonchev–Trinajstić information content (AvgIpc) is 3.03. The van der Waals surface area contributed by atoms with Crippen LogP contribution in [0.4, 0.5) is 0 Å². The maximum atomic E-state index is 6.34. The predicted molar refractivity (Wildman–Crippen MR) is 84.4 cm³/mol. The van der Waals surface area contributed by atoms with Crippen LogP contribution in [0.2, 0.25) is 0 Å². The monoisotopic (exact) mass is 301 g/mol. The van der Waals surface area contributed by atoms with Crippen LogP contribution in [0.25, 0.3) is 5.52 Å². The fourth-order valence-corrected chi connectivity index (χ4v) is 3.27. The van der Waals surface area contributed by atoms with Gasteiger partial charge in [0, 0.05) is 41.2 Å². The Morgan fingerprint density at radius 1 is 1.33 bits per heavy atom. The summed E-state index contributed by atoms with van der Waals surface area (Å²) in [6.07, 6.45) is 7.87. The molecule has 0 bridgehead atoms. The van der Waals surface area contributed by atoms with Crippen molar-refractivity contribution in [3.8, 4) is 0 Å². The SMILES string of the molecule is CC(C)(C)c1csc(CC(N)c2cnn3ccncc23)n1. The van der Waals surface area contributed by atoms with Crippen molar-refractivity contribution in [2.75, 3.05) is 0 Å². The van der Waals surface area contributed by atoms with E-state index in [9.17, 15) is 0 Å². The number of nitrogens with two attached hydrogens (primary N) is 1. The highest BCUT2D eigenvalue weighted by Crippen LogP contribution is 2.27. The second-order valence-electron chi connectivity index (χ2n) is 6.19. The summed E-state index contributed by atoms with van der Waals surface area (Å²) in [4.78, 5) is 8.85. The Morgan fingerprint density at radius 2 is 2.14 bits per heavy atom. The van der Waals surface area contributed by atoms with Crippen LogP contribution in [0.15, 0.2) is 30.2 Å². The zero-order valence-electron chi connectivity index (χ0n) is 12.4. The first kappa shape index (κ1) is 14.2. The highest BCUT2D eigenvalue weighted by atomic mass is 32.1. The van der Waals surface area contributed by atoms with Gasteiger partial charge in [-0.2, -0.15) is 5.10 Å². The zero-order valence-corrected chi connectivity index (χ0v) is 13.3. The third-order valence-electron chi connectivity index (χ3n) is 3.47. The minimum absolute atomic E-state index is 0.0766. The van der Waals surface area contributed by atoms with Crippen LogP contribution in [0.1, 0.15) is 43.1 Å². The Labute approximate surface area is 127 Å². The van der Waals surface area contributed by atoms with Crippen molar-refractivity contribution in [1.82, 2.24) is 19.6 Å². The molecule has 3 aromatic rings. The summed E-state index contributed by atoms with van der Waals surface area (Å²) in [6, 6.07) is -0.120. The van der Waals surface area contributed by atoms with Gasteiger partial charge in [-0.1, -0.05) is 20.8 Å². The van der Waals surface area contributed by atoms with Crippen molar-refractivity contribution in [2.24, 2.45) is 5.73 Å². The number of hydrogen-bond acceptors (Lipinski definition) is 5. The predicted octanol–water partition coefficient (Wildman–Crippen LogP) is 2.73. The Kier molecular flexibility index (Phi) is 3.51. The average molecular weight is 301 g/mol. The van der Waals surface area contributed by atoms with E-state index in [0.29, 0.717) is 0 Å². The molecule has 0 aliphatic rings. The van der Waals surface area contributed by atoms with Crippen LogP contribution in [-0.2, 0) is 11.8 Å². The number of aromatic nitrogens is 4. The van der Waals surface area contributed by atoms with Crippen LogP contribution in [0.5, 0.6) is 0 Å². The van der Waals surface area contributed by atoms with E-state index in [4.69, 9.17) is 10.7 Å². The second kappa shape index (κ2) is 5.20. The maximum Gasteiger partial charge on any atom is 0.0947 e. The minimum Gasteiger partial charge on any atom is -0.323 e. The van der Waals surface area contributed by atoms with Gasteiger partial charge in [0.05, 0.1) is 28.6 Å². The third-order valence-corrected chi connectivity index (χ3v) is 4.34. The Hall–Kier alpha value is -1.79.